The van der Waals surface area contributed by atoms with Gasteiger partial charge in [-0.25, -0.2) is 17.7 Å². The van der Waals surface area contributed by atoms with E-state index in [0.29, 0.717) is 5.65 Å². The van der Waals surface area contributed by atoms with E-state index in [-0.39, 0.29) is 24.5 Å². The number of β-amino-alcohol motifs (C(OH)–C–C–N with tert-alkyl or cyclic N) is 1. The zero-order valence-electron chi connectivity index (χ0n) is 14.8. The standard InChI is InChI=1S/C16H21FN4O4S/c1-10-4-5-21-13(6-10)18-14(15(21)17)16(23)20-7-11(12(22)8-20)9-26(24,25)19(2)3/h4-6,11-12,22H,7-9H2,1-3H3/t11-,12+/m0/s1. The number of sulfonamides is 1. The zero-order valence-corrected chi connectivity index (χ0v) is 15.6. The van der Waals surface area contributed by atoms with Gasteiger partial charge in [0.25, 0.3) is 5.91 Å². The van der Waals surface area contributed by atoms with Crippen LogP contribution in [0.25, 0.3) is 5.65 Å². The first-order valence-electron chi connectivity index (χ1n) is 8.12. The van der Waals surface area contributed by atoms with Crippen molar-refractivity contribution in [2.45, 2.75) is 13.0 Å². The summed E-state index contributed by atoms with van der Waals surface area (Å²) in [5.41, 5.74) is 0.864. The van der Waals surface area contributed by atoms with Crippen molar-refractivity contribution in [3.63, 3.8) is 0 Å². The Balaban J connectivity index is 1.82. The maximum atomic E-state index is 14.5. The van der Waals surface area contributed by atoms with Gasteiger partial charge in [0.15, 0.2) is 5.69 Å². The van der Waals surface area contributed by atoms with Gasteiger partial charge < -0.3 is 10.0 Å². The van der Waals surface area contributed by atoms with Gasteiger partial charge in [0.2, 0.25) is 16.0 Å². The summed E-state index contributed by atoms with van der Waals surface area (Å²) in [5.74, 6) is -2.34. The molecule has 2 aromatic heterocycles. The Morgan fingerprint density at radius 2 is 2.12 bits per heavy atom. The smallest absolute Gasteiger partial charge is 0.277 e. The number of aliphatic hydroxyl groups excluding tert-OH is 1. The van der Waals surface area contributed by atoms with E-state index in [2.05, 4.69) is 4.98 Å². The van der Waals surface area contributed by atoms with Crippen molar-refractivity contribution in [2.24, 2.45) is 5.92 Å². The van der Waals surface area contributed by atoms with E-state index in [0.717, 1.165) is 9.87 Å². The Morgan fingerprint density at radius 1 is 1.42 bits per heavy atom. The molecule has 0 aliphatic carbocycles. The summed E-state index contributed by atoms with van der Waals surface area (Å²) in [4.78, 5) is 18.0. The number of pyridine rings is 1. The van der Waals surface area contributed by atoms with Crippen LogP contribution >= 0.6 is 0 Å². The average molecular weight is 384 g/mol. The minimum absolute atomic E-state index is 0.0272. The number of hydrogen-bond acceptors (Lipinski definition) is 5. The molecule has 1 aliphatic rings. The maximum Gasteiger partial charge on any atom is 0.277 e. The summed E-state index contributed by atoms with van der Waals surface area (Å²) < 4.78 is 40.8. The lowest BCUT2D eigenvalue weighted by Crippen LogP contribution is -2.33. The highest BCUT2D eigenvalue weighted by Gasteiger charge is 2.39. The van der Waals surface area contributed by atoms with Crippen molar-refractivity contribution in [3.05, 3.63) is 35.5 Å². The number of halogens is 1. The van der Waals surface area contributed by atoms with Crippen LogP contribution in [0.4, 0.5) is 4.39 Å². The molecule has 142 valence electrons. The molecule has 8 nitrogen and oxygen atoms in total. The normalized spacial score (nSPS) is 21.1. The number of nitrogens with zero attached hydrogens (tertiary/aromatic N) is 4. The largest absolute Gasteiger partial charge is 0.391 e. The highest BCUT2D eigenvalue weighted by molar-refractivity contribution is 7.89. The van der Waals surface area contributed by atoms with Crippen molar-refractivity contribution >= 4 is 21.6 Å². The predicted octanol–water partition coefficient (Wildman–Crippen LogP) is 0.106. The van der Waals surface area contributed by atoms with Crippen LogP contribution in [0.3, 0.4) is 0 Å². The summed E-state index contributed by atoms with van der Waals surface area (Å²) >= 11 is 0. The van der Waals surface area contributed by atoms with Crippen LogP contribution in [-0.2, 0) is 10.0 Å². The number of carbonyl (C=O) groups is 1. The third kappa shape index (κ3) is 3.31. The van der Waals surface area contributed by atoms with E-state index >= 15 is 0 Å². The fourth-order valence-electron chi connectivity index (χ4n) is 3.01. The molecule has 26 heavy (non-hydrogen) atoms. The summed E-state index contributed by atoms with van der Waals surface area (Å²) in [6.07, 6.45) is 0.505. The first kappa shape index (κ1) is 18.7. The van der Waals surface area contributed by atoms with Crippen molar-refractivity contribution < 1.29 is 22.7 Å². The summed E-state index contributed by atoms with van der Waals surface area (Å²) in [6, 6.07) is 3.36. The molecule has 1 N–H and O–H groups in total. The second-order valence-corrected chi connectivity index (χ2v) is 9.01. The summed E-state index contributed by atoms with van der Waals surface area (Å²) in [6.45, 7) is 1.80. The van der Waals surface area contributed by atoms with E-state index < -0.39 is 33.9 Å². The van der Waals surface area contributed by atoms with Gasteiger partial charge in [0.1, 0.15) is 5.65 Å². The van der Waals surface area contributed by atoms with E-state index in [1.807, 2.05) is 6.92 Å². The number of aliphatic hydroxyl groups is 1. The molecular formula is C16H21FN4O4S. The molecule has 2 aromatic rings. The fraction of sp³-hybridized carbons (Fsp3) is 0.500. The number of amides is 1. The molecule has 1 fully saturated rings. The minimum atomic E-state index is -3.52. The van der Waals surface area contributed by atoms with Gasteiger partial charge in [-0.2, -0.15) is 4.39 Å². The summed E-state index contributed by atoms with van der Waals surface area (Å²) in [7, 11) is -0.700. The number of rotatable bonds is 4. The molecule has 0 spiro atoms. The van der Waals surface area contributed by atoms with Crippen LogP contribution in [0, 0.1) is 18.8 Å². The molecular weight excluding hydrogens is 363 g/mol. The average Bonchev–Trinajstić information content (AvgIpc) is 3.07. The van der Waals surface area contributed by atoms with Gasteiger partial charge in [-0.3, -0.25) is 9.20 Å². The third-order valence-corrected chi connectivity index (χ3v) is 6.56. The Labute approximate surface area is 150 Å². The van der Waals surface area contributed by atoms with Crippen molar-refractivity contribution in [3.8, 4) is 0 Å². The molecule has 0 saturated carbocycles. The number of fused-ring (bicyclic) bond motifs is 1. The van der Waals surface area contributed by atoms with Crippen LogP contribution in [0.1, 0.15) is 16.1 Å². The predicted molar refractivity (Wildman–Crippen MR) is 92.8 cm³/mol. The van der Waals surface area contributed by atoms with Gasteiger partial charge in [0.05, 0.1) is 11.9 Å². The number of imidazole rings is 1. The SMILES string of the molecule is Cc1ccn2c(F)c(C(=O)N3C[C@@H](CS(=O)(=O)N(C)C)[C@H](O)C3)nc2c1. The van der Waals surface area contributed by atoms with E-state index in [9.17, 15) is 22.7 Å². The second kappa shape index (κ2) is 6.60. The van der Waals surface area contributed by atoms with Crippen LogP contribution in [0.15, 0.2) is 18.3 Å². The molecule has 1 aliphatic heterocycles. The van der Waals surface area contributed by atoms with Crippen LogP contribution in [0.2, 0.25) is 0 Å². The maximum absolute atomic E-state index is 14.5. The quantitative estimate of drug-likeness (QED) is 0.807. The second-order valence-electron chi connectivity index (χ2n) is 6.78. The van der Waals surface area contributed by atoms with E-state index in [4.69, 9.17) is 0 Å². The van der Waals surface area contributed by atoms with Crippen molar-refractivity contribution in [2.75, 3.05) is 32.9 Å². The number of hydrogen-bond donors (Lipinski definition) is 1. The van der Waals surface area contributed by atoms with Gasteiger partial charge in [-0.05, 0) is 24.6 Å². The summed E-state index contributed by atoms with van der Waals surface area (Å²) in [5, 5.41) is 10.1. The molecule has 10 heteroatoms. The zero-order chi connectivity index (χ0) is 19.2. The van der Waals surface area contributed by atoms with E-state index in [1.165, 1.54) is 29.6 Å². The fourth-order valence-corrected chi connectivity index (χ4v) is 4.17. The van der Waals surface area contributed by atoms with Crippen LogP contribution < -0.4 is 0 Å². The number of aromatic nitrogens is 2. The molecule has 1 amide bonds. The highest BCUT2D eigenvalue weighted by atomic mass is 32.2. The van der Waals surface area contributed by atoms with Gasteiger partial charge >= 0.3 is 0 Å². The Morgan fingerprint density at radius 3 is 2.77 bits per heavy atom. The third-order valence-electron chi connectivity index (χ3n) is 4.60. The van der Waals surface area contributed by atoms with Crippen LogP contribution in [-0.4, -0.2) is 77.1 Å². The Bertz CT molecular complexity index is 957. The van der Waals surface area contributed by atoms with E-state index in [1.54, 1.807) is 12.1 Å². The molecule has 2 atom stereocenters. The molecule has 0 radical (unpaired) electrons. The van der Waals surface area contributed by atoms with Gasteiger partial charge in [-0.15, -0.1) is 0 Å². The lowest BCUT2D eigenvalue weighted by molar-refractivity contribution is 0.0754. The van der Waals surface area contributed by atoms with Crippen molar-refractivity contribution in [1.29, 1.82) is 0 Å². The molecule has 0 aromatic carbocycles. The lowest BCUT2D eigenvalue weighted by atomic mass is 10.1. The first-order chi connectivity index (χ1) is 12.1. The molecule has 3 heterocycles. The minimum Gasteiger partial charge on any atom is -0.391 e. The topological polar surface area (TPSA) is 95.2 Å². The van der Waals surface area contributed by atoms with Crippen molar-refractivity contribution in [1.82, 2.24) is 18.6 Å². The number of aryl methyl sites for hydroxylation is 1. The molecule has 3 rings (SSSR count). The molecule has 1 saturated heterocycles. The molecule has 0 bridgehead atoms. The van der Waals surface area contributed by atoms with Crippen LogP contribution in [0.5, 0.6) is 0 Å². The van der Waals surface area contributed by atoms with Gasteiger partial charge in [-0.1, -0.05) is 0 Å². The first-order valence-corrected chi connectivity index (χ1v) is 9.73. The monoisotopic (exact) mass is 384 g/mol. The lowest BCUT2D eigenvalue weighted by Gasteiger charge is -2.17. The Hall–Kier alpha value is -2.04. The van der Waals surface area contributed by atoms with Gasteiger partial charge in [0, 0.05) is 39.3 Å². The number of carbonyl (C=O) groups excluding carboxylic acids is 1. The highest BCUT2D eigenvalue weighted by Crippen LogP contribution is 2.23. The molecule has 0 unspecified atom stereocenters. The Kier molecular flexibility index (Phi) is 4.76. The number of likely N-dealkylation sites (tertiary alicyclic amines) is 1.